The summed E-state index contributed by atoms with van der Waals surface area (Å²) in [5.41, 5.74) is 0.983. The van der Waals surface area contributed by atoms with Crippen LogP contribution in [0, 0.1) is 16.7 Å². The van der Waals surface area contributed by atoms with Crippen molar-refractivity contribution in [1.82, 2.24) is 10.3 Å². The zero-order valence-electron chi connectivity index (χ0n) is 9.15. The van der Waals surface area contributed by atoms with Gasteiger partial charge in [0.1, 0.15) is 5.41 Å². The average Bonchev–Trinajstić information content (AvgIpc) is 2.29. The fourth-order valence-corrected chi connectivity index (χ4v) is 1.66. The van der Waals surface area contributed by atoms with E-state index in [4.69, 9.17) is 10.00 Å². The van der Waals surface area contributed by atoms with Gasteiger partial charge in [0, 0.05) is 18.9 Å². The zero-order chi connectivity index (χ0) is 11.3. The van der Waals surface area contributed by atoms with Crippen LogP contribution in [0.4, 0.5) is 0 Å². The third-order valence-electron chi connectivity index (χ3n) is 2.80. The van der Waals surface area contributed by atoms with Crippen LogP contribution in [0.2, 0.25) is 0 Å². The first-order valence-corrected chi connectivity index (χ1v) is 5.43. The van der Waals surface area contributed by atoms with E-state index in [1.54, 1.807) is 12.4 Å². The highest BCUT2D eigenvalue weighted by molar-refractivity contribution is 5.10. The lowest BCUT2D eigenvalue weighted by molar-refractivity contribution is -0.0752. The lowest BCUT2D eigenvalue weighted by Gasteiger charge is -2.35. The van der Waals surface area contributed by atoms with Gasteiger partial charge in [-0.25, -0.2) is 0 Å². The van der Waals surface area contributed by atoms with E-state index in [1.807, 2.05) is 12.1 Å². The summed E-state index contributed by atoms with van der Waals surface area (Å²) in [6, 6.07) is 6.33. The van der Waals surface area contributed by atoms with Crippen molar-refractivity contribution in [3.05, 3.63) is 30.1 Å². The highest BCUT2D eigenvalue weighted by atomic mass is 16.5. The summed E-state index contributed by atoms with van der Waals surface area (Å²) in [6.45, 7) is 2.72. The first-order valence-electron chi connectivity index (χ1n) is 5.43. The Hall–Kier alpha value is -1.44. The Bertz CT molecular complexity index is 368. The SMILES string of the molecule is N#CC1(CNCCc2ccncc2)COC1. The minimum absolute atomic E-state index is 0.280. The van der Waals surface area contributed by atoms with Crippen LogP contribution in [-0.2, 0) is 11.2 Å². The van der Waals surface area contributed by atoms with Gasteiger partial charge in [0.2, 0.25) is 0 Å². The maximum absolute atomic E-state index is 8.97. The van der Waals surface area contributed by atoms with E-state index >= 15 is 0 Å². The maximum Gasteiger partial charge on any atom is 0.116 e. The molecule has 0 aliphatic carbocycles. The van der Waals surface area contributed by atoms with Gasteiger partial charge in [-0.1, -0.05) is 0 Å². The van der Waals surface area contributed by atoms with Crippen LogP contribution >= 0.6 is 0 Å². The maximum atomic E-state index is 8.97. The van der Waals surface area contributed by atoms with E-state index in [9.17, 15) is 0 Å². The van der Waals surface area contributed by atoms with E-state index in [0.717, 1.165) is 13.0 Å². The minimum atomic E-state index is -0.280. The van der Waals surface area contributed by atoms with Gasteiger partial charge in [0.25, 0.3) is 0 Å². The number of nitrogens with zero attached hydrogens (tertiary/aromatic N) is 2. The van der Waals surface area contributed by atoms with Crippen LogP contribution in [0.15, 0.2) is 24.5 Å². The van der Waals surface area contributed by atoms with Gasteiger partial charge in [0.15, 0.2) is 0 Å². The number of ether oxygens (including phenoxy) is 1. The number of hydrogen-bond donors (Lipinski definition) is 1. The average molecular weight is 217 g/mol. The number of aromatic nitrogens is 1. The van der Waals surface area contributed by atoms with Crippen LogP contribution in [-0.4, -0.2) is 31.3 Å². The number of pyridine rings is 1. The smallest absolute Gasteiger partial charge is 0.116 e. The minimum Gasteiger partial charge on any atom is -0.378 e. The van der Waals surface area contributed by atoms with Crippen molar-refractivity contribution >= 4 is 0 Å². The highest BCUT2D eigenvalue weighted by Gasteiger charge is 2.38. The topological polar surface area (TPSA) is 57.9 Å². The summed E-state index contributed by atoms with van der Waals surface area (Å²) in [5.74, 6) is 0. The third kappa shape index (κ3) is 2.57. The molecule has 1 aromatic rings. The van der Waals surface area contributed by atoms with Crippen LogP contribution < -0.4 is 5.32 Å². The molecule has 1 saturated heterocycles. The summed E-state index contributed by atoms with van der Waals surface area (Å²) in [4.78, 5) is 3.97. The van der Waals surface area contributed by atoms with Crippen LogP contribution in [0.5, 0.6) is 0 Å². The molecule has 84 valence electrons. The van der Waals surface area contributed by atoms with E-state index in [2.05, 4.69) is 16.4 Å². The Morgan fingerprint density at radius 2 is 2.19 bits per heavy atom. The largest absolute Gasteiger partial charge is 0.378 e. The summed E-state index contributed by atoms with van der Waals surface area (Å²) in [6.07, 6.45) is 4.56. The quantitative estimate of drug-likeness (QED) is 0.739. The number of rotatable bonds is 5. The van der Waals surface area contributed by atoms with E-state index in [-0.39, 0.29) is 5.41 Å². The van der Waals surface area contributed by atoms with Gasteiger partial charge >= 0.3 is 0 Å². The number of nitriles is 1. The molecule has 0 atom stereocenters. The van der Waals surface area contributed by atoms with Crippen molar-refractivity contribution < 1.29 is 4.74 Å². The summed E-state index contributed by atoms with van der Waals surface area (Å²) < 4.78 is 5.07. The molecule has 4 heteroatoms. The van der Waals surface area contributed by atoms with Gasteiger partial charge in [-0.2, -0.15) is 5.26 Å². The first-order chi connectivity index (χ1) is 7.85. The van der Waals surface area contributed by atoms with Crippen LogP contribution in [0.25, 0.3) is 0 Å². The molecule has 1 fully saturated rings. The molecule has 0 saturated carbocycles. The molecule has 0 aromatic carbocycles. The lowest BCUT2D eigenvalue weighted by atomic mass is 9.88. The van der Waals surface area contributed by atoms with Crippen molar-refractivity contribution in [2.45, 2.75) is 6.42 Å². The molecule has 0 radical (unpaired) electrons. The third-order valence-corrected chi connectivity index (χ3v) is 2.80. The number of nitrogens with one attached hydrogen (secondary N) is 1. The zero-order valence-corrected chi connectivity index (χ0v) is 9.15. The molecule has 0 unspecified atom stereocenters. The summed E-state index contributed by atoms with van der Waals surface area (Å²) in [5, 5.41) is 12.3. The number of hydrogen-bond acceptors (Lipinski definition) is 4. The molecule has 0 bridgehead atoms. The van der Waals surface area contributed by atoms with Crippen molar-refractivity contribution in [3.63, 3.8) is 0 Å². The molecule has 0 spiro atoms. The van der Waals surface area contributed by atoms with Gasteiger partial charge < -0.3 is 10.1 Å². The van der Waals surface area contributed by atoms with Gasteiger partial charge in [-0.15, -0.1) is 0 Å². The van der Waals surface area contributed by atoms with Crippen LogP contribution in [0.3, 0.4) is 0 Å². The predicted molar refractivity (Wildman–Crippen MR) is 59.7 cm³/mol. The Balaban J connectivity index is 1.68. The van der Waals surface area contributed by atoms with Crippen LogP contribution in [0.1, 0.15) is 5.56 Å². The fourth-order valence-electron chi connectivity index (χ4n) is 1.66. The lowest BCUT2D eigenvalue weighted by Crippen LogP contribution is -2.48. The molecule has 16 heavy (non-hydrogen) atoms. The fraction of sp³-hybridized carbons (Fsp3) is 0.500. The molecule has 2 rings (SSSR count). The van der Waals surface area contributed by atoms with Crippen molar-refractivity contribution in [3.8, 4) is 6.07 Å². The highest BCUT2D eigenvalue weighted by Crippen LogP contribution is 2.24. The second-order valence-electron chi connectivity index (χ2n) is 4.17. The molecule has 2 heterocycles. The molecular formula is C12H15N3O. The Morgan fingerprint density at radius 1 is 1.44 bits per heavy atom. The summed E-state index contributed by atoms with van der Waals surface area (Å²) in [7, 11) is 0. The molecule has 0 amide bonds. The molecule has 1 aromatic heterocycles. The summed E-state index contributed by atoms with van der Waals surface area (Å²) >= 11 is 0. The molecule has 1 N–H and O–H groups in total. The van der Waals surface area contributed by atoms with Crippen molar-refractivity contribution in [2.24, 2.45) is 5.41 Å². The normalized spacial score (nSPS) is 17.4. The molecular weight excluding hydrogens is 202 g/mol. The van der Waals surface area contributed by atoms with E-state index < -0.39 is 0 Å². The molecule has 1 aliphatic rings. The molecule has 1 aliphatic heterocycles. The van der Waals surface area contributed by atoms with Gasteiger partial charge in [-0.3, -0.25) is 4.98 Å². The molecule has 4 nitrogen and oxygen atoms in total. The Kier molecular flexibility index (Phi) is 3.50. The Labute approximate surface area is 95.3 Å². The van der Waals surface area contributed by atoms with E-state index in [1.165, 1.54) is 5.56 Å². The first kappa shape index (κ1) is 11.1. The van der Waals surface area contributed by atoms with Crippen molar-refractivity contribution in [1.29, 1.82) is 5.26 Å². The van der Waals surface area contributed by atoms with Crippen molar-refractivity contribution in [2.75, 3.05) is 26.3 Å². The standard InChI is InChI=1S/C12H15N3O/c13-7-12(9-16-10-12)8-15-6-3-11-1-4-14-5-2-11/h1-2,4-5,15H,3,6,8-10H2. The Morgan fingerprint density at radius 3 is 2.75 bits per heavy atom. The van der Waals surface area contributed by atoms with Gasteiger partial charge in [0.05, 0.1) is 19.3 Å². The monoisotopic (exact) mass is 217 g/mol. The van der Waals surface area contributed by atoms with E-state index in [0.29, 0.717) is 19.8 Å². The second kappa shape index (κ2) is 5.06. The van der Waals surface area contributed by atoms with Gasteiger partial charge in [-0.05, 0) is 30.7 Å². The second-order valence-corrected chi connectivity index (χ2v) is 4.17. The predicted octanol–water partition coefficient (Wildman–Crippen LogP) is 0.754.